The molecule has 1 atom stereocenters. The van der Waals surface area contributed by atoms with Crippen LogP contribution in [0.3, 0.4) is 0 Å². The molecule has 0 saturated carbocycles. The highest BCUT2D eigenvalue weighted by Crippen LogP contribution is 2.28. The smallest absolute Gasteiger partial charge is 0.229 e. The zero-order valence-corrected chi connectivity index (χ0v) is 15.9. The number of hydrogen-bond acceptors (Lipinski definition) is 3. The standard InChI is InChI=1S/C22H26N2O3/c1-3-4-13-27-19-11-9-18(10-12-19)23-22(26)17-14-21(25)24(15-17)20-8-6-5-7-16(20)2/h5-12,17H,3-4,13-15H2,1-2H3,(H,23,26)/t17-/m0/s1. The average molecular weight is 366 g/mol. The van der Waals surface area contributed by atoms with Gasteiger partial charge in [0.25, 0.3) is 0 Å². The molecule has 1 aliphatic rings. The van der Waals surface area contributed by atoms with Crippen molar-refractivity contribution in [3.63, 3.8) is 0 Å². The number of ether oxygens (including phenoxy) is 1. The molecular formula is C22H26N2O3. The van der Waals surface area contributed by atoms with Gasteiger partial charge in [-0.15, -0.1) is 0 Å². The molecule has 0 aromatic heterocycles. The molecule has 0 radical (unpaired) electrons. The first-order chi connectivity index (χ1) is 13.1. The highest BCUT2D eigenvalue weighted by molar-refractivity contribution is 6.03. The van der Waals surface area contributed by atoms with Crippen molar-refractivity contribution in [2.45, 2.75) is 33.1 Å². The Morgan fingerprint density at radius 2 is 1.93 bits per heavy atom. The van der Waals surface area contributed by atoms with E-state index < -0.39 is 0 Å². The lowest BCUT2D eigenvalue weighted by Crippen LogP contribution is -2.28. The van der Waals surface area contributed by atoms with Crippen molar-refractivity contribution in [2.75, 3.05) is 23.4 Å². The van der Waals surface area contributed by atoms with Crippen LogP contribution in [-0.2, 0) is 9.59 Å². The van der Waals surface area contributed by atoms with Crippen LogP contribution in [0.15, 0.2) is 48.5 Å². The van der Waals surface area contributed by atoms with Gasteiger partial charge in [-0.3, -0.25) is 9.59 Å². The second-order valence-corrected chi connectivity index (χ2v) is 6.91. The Labute approximate surface area is 160 Å². The van der Waals surface area contributed by atoms with E-state index in [1.165, 1.54) is 0 Å². The third-order valence-electron chi connectivity index (χ3n) is 4.79. The number of benzene rings is 2. The molecule has 1 saturated heterocycles. The molecule has 0 unspecified atom stereocenters. The van der Waals surface area contributed by atoms with Crippen molar-refractivity contribution in [3.05, 3.63) is 54.1 Å². The van der Waals surface area contributed by atoms with Gasteiger partial charge in [0.15, 0.2) is 0 Å². The summed E-state index contributed by atoms with van der Waals surface area (Å²) in [5.41, 5.74) is 2.63. The molecule has 5 nitrogen and oxygen atoms in total. The second-order valence-electron chi connectivity index (χ2n) is 6.91. The van der Waals surface area contributed by atoms with E-state index in [0.717, 1.165) is 29.8 Å². The van der Waals surface area contributed by atoms with Crippen LogP contribution >= 0.6 is 0 Å². The summed E-state index contributed by atoms with van der Waals surface area (Å²) in [7, 11) is 0. The molecule has 2 aromatic rings. The van der Waals surface area contributed by atoms with E-state index in [-0.39, 0.29) is 24.2 Å². The minimum atomic E-state index is -0.349. The van der Waals surface area contributed by atoms with Gasteiger partial charge in [0.05, 0.1) is 12.5 Å². The Morgan fingerprint density at radius 3 is 2.63 bits per heavy atom. The Balaban J connectivity index is 1.59. The zero-order valence-electron chi connectivity index (χ0n) is 15.9. The van der Waals surface area contributed by atoms with Crippen LogP contribution in [-0.4, -0.2) is 25.0 Å². The van der Waals surface area contributed by atoms with E-state index in [0.29, 0.717) is 18.8 Å². The highest BCUT2D eigenvalue weighted by Gasteiger charge is 2.35. The lowest BCUT2D eigenvalue weighted by atomic mass is 10.1. The first-order valence-electron chi connectivity index (χ1n) is 9.48. The molecule has 142 valence electrons. The van der Waals surface area contributed by atoms with Gasteiger partial charge in [0, 0.05) is 24.3 Å². The normalized spacial score (nSPS) is 16.4. The van der Waals surface area contributed by atoms with Crippen molar-refractivity contribution in [1.29, 1.82) is 0 Å². The number of unbranched alkanes of at least 4 members (excludes halogenated alkanes) is 1. The molecule has 0 spiro atoms. The van der Waals surface area contributed by atoms with Gasteiger partial charge in [-0.25, -0.2) is 0 Å². The first-order valence-corrected chi connectivity index (χ1v) is 9.48. The van der Waals surface area contributed by atoms with Gasteiger partial charge >= 0.3 is 0 Å². The maximum absolute atomic E-state index is 12.6. The Kier molecular flexibility index (Phi) is 6.12. The fourth-order valence-electron chi connectivity index (χ4n) is 3.20. The van der Waals surface area contributed by atoms with Crippen LogP contribution in [0.5, 0.6) is 5.75 Å². The molecule has 1 fully saturated rings. The van der Waals surface area contributed by atoms with E-state index in [9.17, 15) is 9.59 Å². The van der Waals surface area contributed by atoms with Crippen molar-refractivity contribution in [3.8, 4) is 5.75 Å². The fourth-order valence-corrected chi connectivity index (χ4v) is 3.20. The summed E-state index contributed by atoms with van der Waals surface area (Å²) < 4.78 is 5.63. The second kappa shape index (κ2) is 8.71. The summed E-state index contributed by atoms with van der Waals surface area (Å²) in [6, 6.07) is 15.1. The van der Waals surface area contributed by atoms with Crippen molar-refractivity contribution in [1.82, 2.24) is 0 Å². The number of carbonyl (C=O) groups excluding carboxylic acids is 2. The molecule has 27 heavy (non-hydrogen) atoms. The molecule has 2 amide bonds. The number of para-hydroxylation sites is 1. The van der Waals surface area contributed by atoms with E-state index >= 15 is 0 Å². The van der Waals surface area contributed by atoms with Crippen LogP contribution in [0.2, 0.25) is 0 Å². The molecule has 2 aromatic carbocycles. The summed E-state index contributed by atoms with van der Waals surface area (Å²) in [6.07, 6.45) is 2.34. The maximum Gasteiger partial charge on any atom is 0.229 e. The quantitative estimate of drug-likeness (QED) is 0.749. The summed E-state index contributed by atoms with van der Waals surface area (Å²) in [5, 5.41) is 2.91. The Hall–Kier alpha value is -2.82. The largest absolute Gasteiger partial charge is 0.494 e. The van der Waals surface area contributed by atoms with Gasteiger partial charge in [-0.2, -0.15) is 0 Å². The van der Waals surface area contributed by atoms with E-state index in [4.69, 9.17) is 4.74 Å². The summed E-state index contributed by atoms with van der Waals surface area (Å²) in [6.45, 7) is 5.20. The minimum absolute atomic E-state index is 0.0101. The van der Waals surface area contributed by atoms with Crippen molar-refractivity contribution < 1.29 is 14.3 Å². The summed E-state index contributed by atoms with van der Waals surface area (Å²) in [5.74, 6) is 0.309. The molecule has 1 N–H and O–H groups in total. The van der Waals surface area contributed by atoms with Crippen LogP contribution in [0.1, 0.15) is 31.7 Å². The van der Waals surface area contributed by atoms with E-state index in [1.54, 1.807) is 4.90 Å². The fraction of sp³-hybridized carbons (Fsp3) is 0.364. The zero-order chi connectivity index (χ0) is 19.2. The third kappa shape index (κ3) is 4.67. The van der Waals surface area contributed by atoms with E-state index in [1.807, 2.05) is 55.5 Å². The lowest BCUT2D eigenvalue weighted by Gasteiger charge is -2.19. The third-order valence-corrected chi connectivity index (χ3v) is 4.79. The van der Waals surface area contributed by atoms with Crippen LogP contribution in [0, 0.1) is 12.8 Å². The SMILES string of the molecule is CCCCOc1ccc(NC(=O)[C@H]2CC(=O)N(c3ccccc3C)C2)cc1. The van der Waals surface area contributed by atoms with E-state index in [2.05, 4.69) is 12.2 Å². The van der Waals surface area contributed by atoms with Gasteiger partial charge < -0.3 is 15.0 Å². The molecule has 1 aliphatic heterocycles. The summed E-state index contributed by atoms with van der Waals surface area (Å²) in [4.78, 5) is 26.7. The molecule has 0 bridgehead atoms. The number of nitrogens with one attached hydrogen (secondary N) is 1. The monoisotopic (exact) mass is 366 g/mol. The molecule has 3 rings (SSSR count). The van der Waals surface area contributed by atoms with Gasteiger partial charge in [-0.05, 0) is 49.2 Å². The van der Waals surface area contributed by atoms with Crippen molar-refractivity contribution >= 4 is 23.2 Å². The minimum Gasteiger partial charge on any atom is -0.494 e. The van der Waals surface area contributed by atoms with Gasteiger partial charge in [0.2, 0.25) is 11.8 Å². The first kappa shape index (κ1) is 19.0. The summed E-state index contributed by atoms with van der Waals surface area (Å²) >= 11 is 0. The molecule has 0 aliphatic carbocycles. The molecule has 1 heterocycles. The Bertz CT molecular complexity index is 801. The number of nitrogens with zero attached hydrogens (tertiary/aromatic N) is 1. The molecule has 5 heteroatoms. The van der Waals surface area contributed by atoms with Crippen LogP contribution in [0.4, 0.5) is 11.4 Å². The van der Waals surface area contributed by atoms with Gasteiger partial charge in [0.1, 0.15) is 5.75 Å². The number of anilines is 2. The van der Waals surface area contributed by atoms with Crippen molar-refractivity contribution in [2.24, 2.45) is 5.92 Å². The number of amides is 2. The predicted molar refractivity (Wildman–Crippen MR) is 107 cm³/mol. The average Bonchev–Trinajstić information content (AvgIpc) is 3.05. The Morgan fingerprint density at radius 1 is 1.19 bits per heavy atom. The lowest BCUT2D eigenvalue weighted by molar-refractivity contribution is -0.122. The van der Waals surface area contributed by atoms with Crippen LogP contribution in [0.25, 0.3) is 0 Å². The van der Waals surface area contributed by atoms with Crippen LogP contribution < -0.4 is 15.0 Å². The predicted octanol–water partition coefficient (Wildman–Crippen LogP) is 4.17. The highest BCUT2D eigenvalue weighted by atomic mass is 16.5. The molecular weight excluding hydrogens is 340 g/mol. The number of hydrogen-bond donors (Lipinski definition) is 1. The number of rotatable bonds is 7. The topological polar surface area (TPSA) is 58.6 Å². The number of carbonyl (C=O) groups is 2. The number of aryl methyl sites for hydroxylation is 1. The maximum atomic E-state index is 12.6. The van der Waals surface area contributed by atoms with Gasteiger partial charge in [-0.1, -0.05) is 31.5 Å².